The van der Waals surface area contributed by atoms with E-state index in [1.807, 2.05) is 39.0 Å². The van der Waals surface area contributed by atoms with Crippen LogP contribution in [0.5, 0.6) is 5.75 Å². The molecular formula is C20H24N6O3S2. The lowest BCUT2D eigenvalue weighted by atomic mass is 10.1. The molecule has 0 aliphatic heterocycles. The normalized spacial score (nSPS) is 10.7. The summed E-state index contributed by atoms with van der Waals surface area (Å²) in [5.41, 5.74) is 1.97. The van der Waals surface area contributed by atoms with Gasteiger partial charge in [-0.3, -0.25) is 9.59 Å². The molecule has 31 heavy (non-hydrogen) atoms. The van der Waals surface area contributed by atoms with Crippen LogP contribution in [0.2, 0.25) is 0 Å². The van der Waals surface area contributed by atoms with Crippen molar-refractivity contribution >= 4 is 40.0 Å². The van der Waals surface area contributed by atoms with Crippen LogP contribution in [0, 0.1) is 20.8 Å². The largest absolute Gasteiger partial charge is 0.483 e. The van der Waals surface area contributed by atoms with Gasteiger partial charge >= 0.3 is 0 Å². The molecule has 3 aromatic rings. The minimum absolute atomic E-state index is 0.0818. The van der Waals surface area contributed by atoms with Gasteiger partial charge in [0.25, 0.3) is 5.91 Å². The fraction of sp³-hybridized carbons (Fsp3) is 0.350. The number of para-hydroxylation sites is 1. The van der Waals surface area contributed by atoms with Gasteiger partial charge in [0.15, 0.2) is 22.7 Å². The fourth-order valence-electron chi connectivity index (χ4n) is 2.72. The number of nitrogens with one attached hydrogen (secondary N) is 2. The third-order valence-electron chi connectivity index (χ3n) is 4.33. The molecular weight excluding hydrogens is 436 g/mol. The third-order valence-corrected chi connectivity index (χ3v) is 6.17. The monoisotopic (exact) mass is 460 g/mol. The summed E-state index contributed by atoms with van der Waals surface area (Å²) in [6.45, 7) is 5.94. The van der Waals surface area contributed by atoms with Gasteiger partial charge in [-0.15, -0.1) is 21.5 Å². The number of thioether (sulfide) groups is 1. The number of benzene rings is 1. The SMILES string of the molecule is Cc1cnc(NC(=O)CSc2nnc(CNC(=O)COc3c(C)cccc3C)n2C)s1. The quantitative estimate of drug-likeness (QED) is 0.472. The summed E-state index contributed by atoms with van der Waals surface area (Å²) >= 11 is 2.69. The Hall–Kier alpha value is -2.92. The van der Waals surface area contributed by atoms with Gasteiger partial charge in [0.05, 0.1) is 12.3 Å². The van der Waals surface area contributed by atoms with Crippen molar-refractivity contribution in [1.82, 2.24) is 25.1 Å². The zero-order valence-electron chi connectivity index (χ0n) is 17.8. The number of anilines is 1. The van der Waals surface area contributed by atoms with Gasteiger partial charge in [-0.1, -0.05) is 30.0 Å². The highest BCUT2D eigenvalue weighted by molar-refractivity contribution is 7.99. The lowest BCUT2D eigenvalue weighted by Gasteiger charge is -2.12. The Balaban J connectivity index is 1.45. The summed E-state index contributed by atoms with van der Waals surface area (Å²) in [4.78, 5) is 29.4. The van der Waals surface area contributed by atoms with E-state index in [9.17, 15) is 9.59 Å². The van der Waals surface area contributed by atoms with Crippen LogP contribution >= 0.6 is 23.1 Å². The molecule has 164 valence electrons. The van der Waals surface area contributed by atoms with E-state index in [2.05, 4.69) is 25.8 Å². The average molecular weight is 461 g/mol. The van der Waals surface area contributed by atoms with Crippen molar-refractivity contribution in [2.45, 2.75) is 32.5 Å². The molecule has 0 atom stereocenters. The zero-order valence-corrected chi connectivity index (χ0v) is 19.4. The average Bonchev–Trinajstić information content (AvgIpc) is 3.29. The molecule has 3 rings (SSSR count). The summed E-state index contributed by atoms with van der Waals surface area (Å²) in [5.74, 6) is 1.07. The van der Waals surface area contributed by atoms with Crippen LogP contribution in [0.3, 0.4) is 0 Å². The number of nitrogens with zero attached hydrogens (tertiary/aromatic N) is 4. The number of aromatic nitrogens is 4. The Kier molecular flexibility index (Phi) is 7.64. The van der Waals surface area contributed by atoms with Crippen LogP contribution in [0.1, 0.15) is 21.8 Å². The highest BCUT2D eigenvalue weighted by atomic mass is 32.2. The first kappa shape index (κ1) is 22.8. The van der Waals surface area contributed by atoms with Gasteiger partial charge in [-0.25, -0.2) is 4.98 Å². The molecule has 11 heteroatoms. The van der Waals surface area contributed by atoms with Crippen molar-refractivity contribution < 1.29 is 14.3 Å². The lowest BCUT2D eigenvalue weighted by Crippen LogP contribution is -2.29. The van der Waals surface area contributed by atoms with Crippen LogP contribution in [0.15, 0.2) is 29.6 Å². The Morgan fingerprint density at radius 1 is 1.16 bits per heavy atom. The van der Waals surface area contributed by atoms with E-state index in [1.54, 1.807) is 17.8 Å². The van der Waals surface area contributed by atoms with Gasteiger partial charge in [0.1, 0.15) is 5.75 Å². The highest BCUT2D eigenvalue weighted by Crippen LogP contribution is 2.22. The Bertz CT molecular complexity index is 1060. The highest BCUT2D eigenvalue weighted by Gasteiger charge is 2.14. The number of carbonyl (C=O) groups excluding carboxylic acids is 2. The topological polar surface area (TPSA) is 111 Å². The molecule has 0 bridgehead atoms. The van der Waals surface area contributed by atoms with Gasteiger partial charge in [-0.05, 0) is 31.9 Å². The summed E-state index contributed by atoms with van der Waals surface area (Å²) < 4.78 is 7.41. The maximum atomic E-state index is 12.2. The van der Waals surface area contributed by atoms with Crippen molar-refractivity contribution in [3.8, 4) is 5.75 Å². The lowest BCUT2D eigenvalue weighted by molar-refractivity contribution is -0.123. The molecule has 2 amide bonds. The molecule has 0 spiro atoms. The molecule has 9 nitrogen and oxygen atoms in total. The van der Waals surface area contributed by atoms with Crippen molar-refractivity contribution in [2.75, 3.05) is 17.7 Å². The maximum Gasteiger partial charge on any atom is 0.258 e. The number of hydrogen-bond donors (Lipinski definition) is 2. The van der Waals surface area contributed by atoms with Crippen LogP contribution in [0.25, 0.3) is 0 Å². The van der Waals surface area contributed by atoms with Crippen molar-refractivity contribution in [1.29, 1.82) is 0 Å². The van der Waals surface area contributed by atoms with E-state index in [0.29, 0.717) is 16.1 Å². The molecule has 2 aromatic heterocycles. The first-order valence-electron chi connectivity index (χ1n) is 9.52. The number of thiazole rings is 1. The Labute approximate surface area is 188 Å². The molecule has 0 aliphatic carbocycles. The maximum absolute atomic E-state index is 12.2. The van der Waals surface area contributed by atoms with E-state index in [1.165, 1.54) is 23.1 Å². The van der Waals surface area contributed by atoms with Gasteiger partial charge in [0, 0.05) is 18.1 Å². The van der Waals surface area contributed by atoms with Crippen molar-refractivity contribution in [2.24, 2.45) is 7.05 Å². The van der Waals surface area contributed by atoms with Crippen LogP contribution < -0.4 is 15.4 Å². The fourth-order valence-corrected chi connectivity index (χ4v) is 4.13. The molecule has 0 fully saturated rings. The zero-order chi connectivity index (χ0) is 22.4. The summed E-state index contributed by atoms with van der Waals surface area (Å²) in [7, 11) is 1.79. The number of ether oxygens (including phenoxy) is 1. The number of hydrogen-bond acceptors (Lipinski definition) is 8. The van der Waals surface area contributed by atoms with Crippen molar-refractivity contribution in [3.63, 3.8) is 0 Å². The number of amides is 2. The first-order chi connectivity index (χ1) is 14.8. The summed E-state index contributed by atoms with van der Waals surface area (Å²) in [6, 6.07) is 5.83. The number of rotatable bonds is 9. The molecule has 0 unspecified atom stereocenters. The van der Waals surface area contributed by atoms with E-state index in [4.69, 9.17) is 4.74 Å². The second-order valence-electron chi connectivity index (χ2n) is 6.86. The predicted octanol–water partition coefficient (Wildman–Crippen LogP) is 2.62. The third kappa shape index (κ3) is 6.28. The minimum Gasteiger partial charge on any atom is -0.483 e. The standard InChI is InChI=1S/C20H24N6O3S2/c1-12-6-5-7-13(2)18(12)29-10-16(27)21-9-15-24-25-20(26(15)4)30-11-17(28)23-19-22-8-14(3)31-19/h5-8H,9-11H2,1-4H3,(H,21,27)(H,22,23,28). The van der Waals surface area contributed by atoms with E-state index < -0.39 is 0 Å². The van der Waals surface area contributed by atoms with E-state index >= 15 is 0 Å². The Morgan fingerprint density at radius 3 is 2.58 bits per heavy atom. The minimum atomic E-state index is -0.252. The van der Waals surface area contributed by atoms with Crippen LogP contribution in [-0.2, 0) is 23.2 Å². The first-order valence-corrected chi connectivity index (χ1v) is 11.3. The smallest absolute Gasteiger partial charge is 0.258 e. The molecule has 0 saturated heterocycles. The summed E-state index contributed by atoms with van der Waals surface area (Å²) in [6.07, 6.45) is 1.71. The predicted molar refractivity (Wildman–Crippen MR) is 120 cm³/mol. The molecule has 1 aromatic carbocycles. The number of carbonyl (C=O) groups is 2. The van der Waals surface area contributed by atoms with E-state index in [-0.39, 0.29) is 30.7 Å². The number of aryl methyl sites for hydroxylation is 3. The van der Waals surface area contributed by atoms with Gasteiger partial charge in [-0.2, -0.15) is 0 Å². The second kappa shape index (κ2) is 10.4. The Morgan fingerprint density at radius 2 is 1.90 bits per heavy atom. The molecule has 0 saturated carbocycles. The molecule has 2 N–H and O–H groups in total. The summed E-state index contributed by atoms with van der Waals surface area (Å²) in [5, 5.41) is 14.9. The van der Waals surface area contributed by atoms with Crippen LogP contribution in [0.4, 0.5) is 5.13 Å². The molecule has 0 aliphatic rings. The second-order valence-corrected chi connectivity index (χ2v) is 9.03. The van der Waals surface area contributed by atoms with Crippen molar-refractivity contribution in [3.05, 3.63) is 46.2 Å². The molecule has 0 radical (unpaired) electrons. The van der Waals surface area contributed by atoms with Gasteiger partial charge < -0.3 is 19.9 Å². The molecule has 2 heterocycles. The van der Waals surface area contributed by atoms with E-state index in [0.717, 1.165) is 21.8 Å². The van der Waals surface area contributed by atoms with Crippen LogP contribution in [-0.4, -0.2) is 43.9 Å². The van der Waals surface area contributed by atoms with Gasteiger partial charge in [0.2, 0.25) is 5.91 Å².